The van der Waals surface area contributed by atoms with Gasteiger partial charge in [-0.2, -0.15) is 5.10 Å². The van der Waals surface area contributed by atoms with Crippen LogP contribution in [0, 0.1) is 0 Å². The van der Waals surface area contributed by atoms with E-state index >= 15 is 0 Å². The summed E-state index contributed by atoms with van der Waals surface area (Å²) in [6.45, 7) is 0. The Bertz CT molecular complexity index is 1200. The number of ether oxygens (including phenoxy) is 1. The highest BCUT2D eigenvalue weighted by Crippen LogP contribution is 2.23. The van der Waals surface area contributed by atoms with Crippen LogP contribution in [0.5, 0.6) is 5.75 Å². The average molecular weight is 396 g/mol. The fraction of sp³-hybridized carbons (Fsp3) is 0.0476. The minimum absolute atomic E-state index is 0.194. The second-order valence-electron chi connectivity index (χ2n) is 6.09. The number of rotatable bonds is 4. The van der Waals surface area contributed by atoms with Gasteiger partial charge in [-0.1, -0.05) is 22.9 Å². The van der Waals surface area contributed by atoms with Crippen molar-refractivity contribution < 1.29 is 17.9 Å². The van der Waals surface area contributed by atoms with Crippen molar-refractivity contribution in [3.05, 3.63) is 94.4 Å². The lowest BCUT2D eigenvalue weighted by Gasteiger charge is -2.10. The Balaban J connectivity index is 1.67. The summed E-state index contributed by atoms with van der Waals surface area (Å²) < 4.78 is 46.6. The fourth-order valence-corrected chi connectivity index (χ4v) is 2.89. The molecule has 3 aromatic rings. The molecule has 2 heterocycles. The smallest absolute Gasteiger partial charge is 0.406 e. The molecule has 1 aromatic heterocycles. The van der Waals surface area contributed by atoms with Crippen LogP contribution in [0.2, 0.25) is 0 Å². The standard InChI is InChI=1S/C21H13F3N3O2/c22-21(23,24)29-16-8-6-15(7-9-16)27-13-11-18(28)20(26-27)17-10-12-25-19(17)14-4-2-1-3-5-14/h1-13H/q+1. The maximum Gasteiger partial charge on any atom is 0.573 e. The van der Waals surface area contributed by atoms with Crippen molar-refractivity contribution in [3.8, 4) is 11.4 Å². The molecule has 4 rings (SSSR count). The van der Waals surface area contributed by atoms with E-state index in [1.54, 1.807) is 12.3 Å². The molecule has 1 aliphatic rings. The lowest BCUT2D eigenvalue weighted by Crippen LogP contribution is -2.19. The Morgan fingerprint density at radius 1 is 0.966 bits per heavy atom. The summed E-state index contributed by atoms with van der Waals surface area (Å²) in [7, 11) is 0. The molecular weight excluding hydrogens is 383 g/mol. The van der Waals surface area contributed by atoms with Crippen molar-refractivity contribution >= 4 is 17.5 Å². The van der Waals surface area contributed by atoms with E-state index in [9.17, 15) is 18.0 Å². The van der Waals surface area contributed by atoms with Crippen LogP contribution in [-0.2, 0) is 0 Å². The van der Waals surface area contributed by atoms with Gasteiger partial charge in [-0.15, -0.1) is 13.2 Å². The Morgan fingerprint density at radius 3 is 2.38 bits per heavy atom. The van der Waals surface area contributed by atoms with Gasteiger partial charge in [0.2, 0.25) is 5.43 Å². The average Bonchev–Trinajstić information content (AvgIpc) is 3.18. The van der Waals surface area contributed by atoms with Crippen LogP contribution in [0.4, 0.5) is 13.2 Å². The largest absolute Gasteiger partial charge is 0.573 e. The van der Waals surface area contributed by atoms with Gasteiger partial charge < -0.3 is 4.74 Å². The highest BCUT2D eigenvalue weighted by atomic mass is 19.4. The third kappa shape index (κ3) is 4.02. The highest BCUT2D eigenvalue weighted by Gasteiger charge is 2.31. The first-order valence-electron chi connectivity index (χ1n) is 8.54. The molecule has 0 saturated heterocycles. The number of allylic oxidation sites excluding steroid dienone is 2. The summed E-state index contributed by atoms with van der Waals surface area (Å²) in [6.07, 6.45) is -0.0109. The molecule has 0 bridgehead atoms. The molecule has 0 unspecified atom stereocenters. The third-order valence-electron chi connectivity index (χ3n) is 4.15. The number of alkyl halides is 3. The van der Waals surface area contributed by atoms with Gasteiger partial charge in [0.15, 0.2) is 0 Å². The molecular formula is C21H13F3N3O2+. The van der Waals surface area contributed by atoms with Gasteiger partial charge in [0.25, 0.3) is 6.21 Å². The summed E-state index contributed by atoms with van der Waals surface area (Å²) in [5, 5.41) is 4.38. The molecule has 1 aliphatic heterocycles. The molecule has 0 N–H and O–H groups in total. The lowest BCUT2D eigenvalue weighted by molar-refractivity contribution is -0.274. The lowest BCUT2D eigenvalue weighted by atomic mass is 10.0. The van der Waals surface area contributed by atoms with E-state index in [4.69, 9.17) is 0 Å². The van der Waals surface area contributed by atoms with E-state index in [1.165, 1.54) is 41.2 Å². The molecule has 8 heteroatoms. The normalized spacial score (nSPS) is 13.2. The van der Waals surface area contributed by atoms with Crippen molar-refractivity contribution in [1.82, 2.24) is 14.4 Å². The number of hydrogen-bond donors (Lipinski definition) is 0. The molecule has 0 atom stereocenters. The van der Waals surface area contributed by atoms with Gasteiger partial charge in [0.05, 0.1) is 11.3 Å². The van der Waals surface area contributed by atoms with E-state index < -0.39 is 6.36 Å². The van der Waals surface area contributed by atoms with Crippen LogP contribution in [0.15, 0.2) is 77.7 Å². The van der Waals surface area contributed by atoms with E-state index in [-0.39, 0.29) is 16.9 Å². The minimum atomic E-state index is -4.76. The summed E-state index contributed by atoms with van der Waals surface area (Å²) in [4.78, 5) is 12.4. The summed E-state index contributed by atoms with van der Waals surface area (Å²) in [6, 6.07) is 15.9. The molecule has 0 radical (unpaired) electrons. The maximum absolute atomic E-state index is 12.4. The summed E-state index contributed by atoms with van der Waals surface area (Å²) >= 11 is 0. The zero-order valence-electron chi connectivity index (χ0n) is 14.8. The van der Waals surface area contributed by atoms with Gasteiger partial charge in [-0.25, -0.2) is 4.68 Å². The molecule has 0 aliphatic carbocycles. The molecule has 0 fully saturated rings. The van der Waals surface area contributed by atoms with Crippen molar-refractivity contribution in [3.63, 3.8) is 0 Å². The first kappa shape index (κ1) is 18.5. The Kier molecular flexibility index (Phi) is 4.62. The second-order valence-corrected chi connectivity index (χ2v) is 6.09. The molecule has 5 nitrogen and oxygen atoms in total. The minimum Gasteiger partial charge on any atom is -0.406 e. The van der Waals surface area contributed by atoms with Gasteiger partial charge in [-0.05, 0) is 36.4 Å². The van der Waals surface area contributed by atoms with Crippen LogP contribution < -0.4 is 14.8 Å². The van der Waals surface area contributed by atoms with Gasteiger partial charge in [0.1, 0.15) is 17.0 Å². The zero-order valence-corrected chi connectivity index (χ0v) is 14.8. The molecule has 2 aromatic carbocycles. The van der Waals surface area contributed by atoms with Gasteiger partial charge >= 0.3 is 12.1 Å². The Morgan fingerprint density at radius 2 is 1.69 bits per heavy atom. The van der Waals surface area contributed by atoms with Gasteiger partial charge in [0, 0.05) is 18.3 Å². The third-order valence-corrected chi connectivity index (χ3v) is 4.15. The van der Waals surface area contributed by atoms with E-state index in [0.29, 0.717) is 17.0 Å². The van der Waals surface area contributed by atoms with Crippen LogP contribution in [0.3, 0.4) is 0 Å². The topological polar surface area (TPSA) is 58.2 Å². The van der Waals surface area contributed by atoms with Crippen LogP contribution in [-0.4, -0.2) is 28.1 Å². The highest BCUT2D eigenvalue weighted by molar-refractivity contribution is 6.35. The van der Waals surface area contributed by atoms with Crippen molar-refractivity contribution in [2.45, 2.75) is 6.36 Å². The summed E-state index contributed by atoms with van der Waals surface area (Å²) in [5.41, 5.74) is 2.43. The monoisotopic (exact) mass is 396 g/mol. The maximum atomic E-state index is 12.4. The number of nitrogens with zero attached hydrogens (tertiary/aromatic N) is 3. The predicted octanol–water partition coefficient (Wildman–Crippen LogP) is 3.16. The van der Waals surface area contributed by atoms with E-state index in [1.807, 2.05) is 30.3 Å². The fourth-order valence-electron chi connectivity index (χ4n) is 2.89. The zero-order chi connectivity index (χ0) is 20.4. The Labute approximate surface area is 162 Å². The van der Waals surface area contributed by atoms with Crippen LogP contribution in [0.1, 0.15) is 11.3 Å². The van der Waals surface area contributed by atoms with Crippen molar-refractivity contribution in [2.75, 3.05) is 0 Å². The van der Waals surface area contributed by atoms with Crippen LogP contribution >= 0.6 is 0 Å². The first-order valence-corrected chi connectivity index (χ1v) is 8.54. The number of halogens is 3. The second kappa shape index (κ2) is 7.26. The SMILES string of the molecule is O=c1ccn(-c2ccc(OC(F)(F)F)cc2)nc1C1=CC=[N+]=C1c1ccccc1. The first-order chi connectivity index (χ1) is 13.9. The van der Waals surface area contributed by atoms with Gasteiger partial charge in [-0.3, -0.25) is 4.79 Å². The predicted molar refractivity (Wildman–Crippen MR) is 103 cm³/mol. The summed E-state index contributed by atoms with van der Waals surface area (Å²) in [5.74, 6) is -0.339. The van der Waals surface area contributed by atoms with Crippen LogP contribution in [0.25, 0.3) is 11.3 Å². The molecule has 0 saturated carbocycles. The van der Waals surface area contributed by atoms with Crippen molar-refractivity contribution in [1.29, 1.82) is 0 Å². The van der Waals surface area contributed by atoms with Crippen molar-refractivity contribution in [2.24, 2.45) is 0 Å². The quantitative estimate of drug-likeness (QED) is 0.637. The number of benzene rings is 2. The molecule has 0 spiro atoms. The number of hydrogen-bond acceptors (Lipinski definition) is 3. The molecule has 144 valence electrons. The molecule has 29 heavy (non-hydrogen) atoms. The van der Waals surface area contributed by atoms with E-state index in [0.717, 1.165) is 5.56 Å². The Hall–Kier alpha value is -3.90. The van der Waals surface area contributed by atoms with E-state index in [2.05, 4.69) is 14.5 Å². The number of aromatic nitrogens is 2. The molecule has 0 amide bonds.